The summed E-state index contributed by atoms with van der Waals surface area (Å²) in [6, 6.07) is 0. The average Bonchev–Trinajstić information content (AvgIpc) is 2.95. The quantitative estimate of drug-likeness (QED) is 0.352. The zero-order valence-corrected chi connectivity index (χ0v) is 14.2. The minimum Gasteiger partial charge on any atom is -0.461 e. The third-order valence-electron chi connectivity index (χ3n) is 3.64. The molecular formula is C15H25NO7. The van der Waals surface area contributed by atoms with Gasteiger partial charge in [-0.15, -0.1) is 0 Å². The van der Waals surface area contributed by atoms with Crippen molar-refractivity contribution in [1.82, 2.24) is 0 Å². The van der Waals surface area contributed by atoms with E-state index >= 15 is 0 Å². The number of hydrogen-bond acceptors (Lipinski definition) is 8. The van der Waals surface area contributed by atoms with Crippen LogP contribution in [0.5, 0.6) is 0 Å². The Morgan fingerprint density at radius 2 is 1.91 bits per heavy atom. The monoisotopic (exact) mass is 331 g/mol. The first-order chi connectivity index (χ1) is 10.7. The van der Waals surface area contributed by atoms with Crippen LogP contribution in [-0.4, -0.2) is 60.0 Å². The van der Waals surface area contributed by atoms with E-state index in [4.69, 9.17) is 28.9 Å². The van der Waals surface area contributed by atoms with Crippen molar-refractivity contribution in [1.29, 1.82) is 0 Å². The van der Waals surface area contributed by atoms with Crippen molar-refractivity contribution in [2.45, 2.75) is 70.9 Å². The van der Waals surface area contributed by atoms with Gasteiger partial charge in [0.2, 0.25) is 0 Å². The van der Waals surface area contributed by atoms with Crippen molar-refractivity contribution in [3.05, 3.63) is 0 Å². The zero-order valence-electron chi connectivity index (χ0n) is 14.2. The predicted molar refractivity (Wildman–Crippen MR) is 79.2 cm³/mol. The molecule has 0 bridgehead atoms. The summed E-state index contributed by atoms with van der Waals surface area (Å²) in [6.45, 7) is 9.44. The van der Waals surface area contributed by atoms with Crippen molar-refractivity contribution in [3.8, 4) is 0 Å². The maximum Gasteiger partial charge on any atom is 0.356 e. The minimum absolute atomic E-state index is 0.0592. The maximum absolute atomic E-state index is 11.8. The summed E-state index contributed by atoms with van der Waals surface area (Å²) in [5.41, 5.74) is -0.110. The molecule has 2 heterocycles. The largest absolute Gasteiger partial charge is 0.461 e. The van der Waals surface area contributed by atoms with Crippen LogP contribution in [0.15, 0.2) is 5.16 Å². The SMILES string of the molecule is CCOC(=O)/C(CC1OC(C)(C)OC1C1COC(C)(C)O1)=N\O. The summed E-state index contributed by atoms with van der Waals surface area (Å²) >= 11 is 0. The lowest BCUT2D eigenvalue weighted by Crippen LogP contribution is -2.40. The summed E-state index contributed by atoms with van der Waals surface area (Å²) in [7, 11) is 0. The number of carbonyl (C=O) groups is 1. The first-order valence-electron chi connectivity index (χ1n) is 7.73. The van der Waals surface area contributed by atoms with Gasteiger partial charge in [-0.05, 0) is 34.6 Å². The van der Waals surface area contributed by atoms with E-state index in [0.717, 1.165) is 0 Å². The van der Waals surface area contributed by atoms with Crippen LogP contribution in [0, 0.1) is 0 Å². The van der Waals surface area contributed by atoms with E-state index in [1.54, 1.807) is 20.8 Å². The molecule has 23 heavy (non-hydrogen) atoms. The molecule has 0 aliphatic carbocycles. The molecule has 3 atom stereocenters. The molecule has 132 valence electrons. The van der Waals surface area contributed by atoms with Crippen LogP contribution in [0.2, 0.25) is 0 Å². The van der Waals surface area contributed by atoms with Gasteiger partial charge >= 0.3 is 5.97 Å². The molecule has 0 aromatic carbocycles. The van der Waals surface area contributed by atoms with E-state index in [9.17, 15) is 4.79 Å². The standard InChI is InChI=1S/C15H25NO7/c1-6-19-13(17)9(16-18)7-10-12(23-15(4,5)21-10)11-8-20-14(2,3)22-11/h10-12,18H,6-8H2,1-5H3/b16-9-. The Morgan fingerprint density at radius 1 is 1.22 bits per heavy atom. The van der Waals surface area contributed by atoms with Crippen LogP contribution in [0.25, 0.3) is 0 Å². The van der Waals surface area contributed by atoms with Crippen LogP contribution in [0.4, 0.5) is 0 Å². The van der Waals surface area contributed by atoms with Crippen molar-refractivity contribution >= 4 is 11.7 Å². The Labute approximate surface area is 135 Å². The normalized spacial score (nSPS) is 32.9. The first kappa shape index (κ1) is 18.1. The third kappa shape index (κ3) is 4.41. The Morgan fingerprint density at radius 3 is 2.43 bits per heavy atom. The van der Waals surface area contributed by atoms with Crippen LogP contribution in [-0.2, 0) is 28.5 Å². The highest BCUT2D eigenvalue weighted by Crippen LogP contribution is 2.36. The topological polar surface area (TPSA) is 95.8 Å². The summed E-state index contributed by atoms with van der Waals surface area (Å²) < 4.78 is 28.0. The van der Waals surface area contributed by atoms with Gasteiger partial charge in [-0.3, -0.25) is 0 Å². The molecule has 8 nitrogen and oxygen atoms in total. The molecule has 1 N–H and O–H groups in total. The fraction of sp³-hybridized carbons (Fsp3) is 0.867. The summed E-state index contributed by atoms with van der Waals surface area (Å²) in [5.74, 6) is -2.20. The van der Waals surface area contributed by atoms with Crippen LogP contribution < -0.4 is 0 Å². The van der Waals surface area contributed by atoms with Gasteiger partial charge in [-0.25, -0.2) is 4.79 Å². The highest BCUT2D eigenvalue weighted by molar-refractivity contribution is 6.36. The number of nitrogens with zero attached hydrogens (tertiary/aromatic N) is 1. The smallest absolute Gasteiger partial charge is 0.356 e. The van der Waals surface area contributed by atoms with Gasteiger partial charge in [0.25, 0.3) is 0 Å². The molecule has 0 saturated carbocycles. The van der Waals surface area contributed by atoms with Gasteiger partial charge in [-0.2, -0.15) is 0 Å². The Hall–Kier alpha value is -1.22. The zero-order chi connectivity index (χ0) is 17.3. The lowest BCUT2D eigenvalue weighted by atomic mass is 10.0. The second kappa shape index (κ2) is 6.72. The van der Waals surface area contributed by atoms with Crippen molar-refractivity contribution in [2.24, 2.45) is 5.16 Å². The van der Waals surface area contributed by atoms with Gasteiger partial charge in [0, 0.05) is 6.42 Å². The van der Waals surface area contributed by atoms with Crippen molar-refractivity contribution in [3.63, 3.8) is 0 Å². The van der Waals surface area contributed by atoms with Gasteiger partial charge in [0.15, 0.2) is 17.3 Å². The van der Waals surface area contributed by atoms with E-state index in [1.165, 1.54) is 0 Å². The molecule has 2 fully saturated rings. The number of esters is 1. The molecule has 0 spiro atoms. The van der Waals surface area contributed by atoms with Crippen molar-refractivity contribution < 1.29 is 33.7 Å². The second-order valence-electron chi connectivity index (χ2n) is 6.48. The van der Waals surface area contributed by atoms with Gasteiger partial charge in [-0.1, -0.05) is 5.16 Å². The maximum atomic E-state index is 11.8. The number of carbonyl (C=O) groups excluding carboxylic acids is 1. The van der Waals surface area contributed by atoms with Crippen LogP contribution >= 0.6 is 0 Å². The molecule has 0 amide bonds. The molecule has 3 unspecified atom stereocenters. The highest BCUT2D eigenvalue weighted by atomic mass is 16.8. The molecule has 0 radical (unpaired) electrons. The summed E-state index contributed by atoms with van der Waals surface area (Å²) in [6.07, 6.45) is -1.23. The Kier molecular flexibility index (Phi) is 5.30. The molecule has 2 rings (SSSR count). The predicted octanol–water partition coefficient (Wildman–Crippen LogP) is 1.44. The number of ether oxygens (including phenoxy) is 5. The Bertz CT molecular complexity index is 474. The van der Waals surface area contributed by atoms with E-state index in [2.05, 4.69) is 5.16 Å². The van der Waals surface area contributed by atoms with Crippen molar-refractivity contribution in [2.75, 3.05) is 13.2 Å². The second-order valence-corrected chi connectivity index (χ2v) is 6.48. The minimum atomic E-state index is -0.833. The molecule has 0 aromatic rings. The average molecular weight is 331 g/mol. The third-order valence-corrected chi connectivity index (χ3v) is 3.64. The van der Waals surface area contributed by atoms with Gasteiger partial charge < -0.3 is 28.9 Å². The van der Waals surface area contributed by atoms with Gasteiger partial charge in [0.1, 0.15) is 12.2 Å². The summed E-state index contributed by atoms with van der Waals surface area (Å²) in [5, 5.41) is 12.1. The lowest BCUT2D eigenvalue weighted by molar-refractivity contribution is -0.174. The summed E-state index contributed by atoms with van der Waals surface area (Å²) in [4.78, 5) is 11.8. The first-order valence-corrected chi connectivity index (χ1v) is 7.73. The fourth-order valence-electron chi connectivity index (χ4n) is 2.78. The molecule has 2 aliphatic rings. The number of rotatable bonds is 5. The van der Waals surface area contributed by atoms with Gasteiger partial charge in [0.05, 0.1) is 19.3 Å². The lowest BCUT2D eigenvalue weighted by Gasteiger charge is -2.23. The van der Waals surface area contributed by atoms with E-state index < -0.39 is 29.8 Å². The van der Waals surface area contributed by atoms with E-state index in [0.29, 0.717) is 6.61 Å². The van der Waals surface area contributed by atoms with Crippen LogP contribution in [0.1, 0.15) is 41.0 Å². The number of hydrogen-bond donors (Lipinski definition) is 1. The molecular weight excluding hydrogens is 306 g/mol. The Balaban J connectivity index is 2.10. The van der Waals surface area contributed by atoms with E-state index in [-0.39, 0.29) is 24.8 Å². The molecule has 2 saturated heterocycles. The molecule has 8 heteroatoms. The molecule has 0 aromatic heterocycles. The highest BCUT2D eigenvalue weighted by Gasteiger charge is 2.50. The molecule has 2 aliphatic heterocycles. The fourth-order valence-corrected chi connectivity index (χ4v) is 2.78. The van der Waals surface area contributed by atoms with E-state index in [1.807, 2.05) is 13.8 Å². The number of oxime groups is 1. The van der Waals surface area contributed by atoms with Crippen LogP contribution in [0.3, 0.4) is 0 Å².